The van der Waals surface area contributed by atoms with Crippen molar-refractivity contribution in [1.29, 1.82) is 0 Å². The molecule has 2 rings (SSSR count). The van der Waals surface area contributed by atoms with E-state index in [1.165, 1.54) is 23.2 Å². The summed E-state index contributed by atoms with van der Waals surface area (Å²) < 4.78 is 0. The molecule has 2 unspecified atom stereocenters. The van der Waals surface area contributed by atoms with Gasteiger partial charge in [-0.2, -0.15) is 0 Å². The zero-order valence-electron chi connectivity index (χ0n) is 9.84. The first-order valence-corrected chi connectivity index (χ1v) is 6.04. The number of carbonyl (C=O) groups is 2. The molecule has 96 valence electrons. The molecule has 1 saturated heterocycles. The molecular formula is C12H13ClN2O3. The van der Waals surface area contributed by atoms with Gasteiger partial charge >= 0.3 is 5.97 Å². The summed E-state index contributed by atoms with van der Waals surface area (Å²) >= 11 is 5.73. The first-order valence-electron chi connectivity index (χ1n) is 5.66. The number of pyridine rings is 1. The van der Waals surface area contributed by atoms with Crippen LogP contribution in [0.3, 0.4) is 0 Å². The fourth-order valence-electron chi connectivity index (χ4n) is 2.25. The van der Waals surface area contributed by atoms with Crippen molar-refractivity contribution in [1.82, 2.24) is 9.88 Å². The molecule has 1 aromatic rings. The van der Waals surface area contributed by atoms with Gasteiger partial charge in [-0.1, -0.05) is 18.5 Å². The summed E-state index contributed by atoms with van der Waals surface area (Å²) in [6.07, 6.45) is 2.13. The molecular weight excluding hydrogens is 256 g/mol. The third-order valence-electron chi connectivity index (χ3n) is 3.19. The number of amides is 1. The molecule has 2 atom stereocenters. The van der Waals surface area contributed by atoms with Gasteiger partial charge in [0.2, 0.25) is 0 Å². The molecule has 1 amide bonds. The zero-order valence-corrected chi connectivity index (χ0v) is 10.6. The number of rotatable bonds is 2. The Labute approximate surface area is 109 Å². The highest BCUT2D eigenvalue weighted by Crippen LogP contribution is 2.26. The number of halogens is 1. The lowest BCUT2D eigenvalue weighted by Gasteiger charge is -2.23. The SMILES string of the molecule is CC1CCN(C(=O)c2ccnc(Cl)c2)C1C(=O)O. The molecule has 0 radical (unpaired) electrons. The van der Waals surface area contributed by atoms with Crippen molar-refractivity contribution in [3.8, 4) is 0 Å². The molecule has 1 N–H and O–H groups in total. The van der Waals surface area contributed by atoms with E-state index in [0.717, 1.165) is 0 Å². The molecule has 0 aromatic carbocycles. The fourth-order valence-corrected chi connectivity index (χ4v) is 2.43. The molecule has 0 bridgehead atoms. The van der Waals surface area contributed by atoms with Gasteiger partial charge in [-0.25, -0.2) is 9.78 Å². The molecule has 1 aliphatic heterocycles. The minimum Gasteiger partial charge on any atom is -0.480 e. The minimum absolute atomic E-state index is 0.0382. The van der Waals surface area contributed by atoms with Crippen LogP contribution >= 0.6 is 11.6 Å². The Hall–Kier alpha value is -1.62. The van der Waals surface area contributed by atoms with E-state index in [4.69, 9.17) is 11.6 Å². The van der Waals surface area contributed by atoms with Crippen LogP contribution in [-0.4, -0.2) is 39.5 Å². The normalized spacial score (nSPS) is 23.1. The quantitative estimate of drug-likeness (QED) is 0.829. The predicted octanol–water partition coefficient (Wildman–Crippen LogP) is 1.67. The van der Waals surface area contributed by atoms with E-state index in [0.29, 0.717) is 18.5 Å². The topological polar surface area (TPSA) is 70.5 Å². The van der Waals surface area contributed by atoms with Gasteiger partial charge in [0.05, 0.1) is 0 Å². The number of nitrogens with zero attached hydrogens (tertiary/aromatic N) is 2. The molecule has 1 fully saturated rings. The van der Waals surface area contributed by atoms with Crippen LogP contribution in [0.2, 0.25) is 5.15 Å². The van der Waals surface area contributed by atoms with Gasteiger partial charge < -0.3 is 10.0 Å². The van der Waals surface area contributed by atoms with Crippen molar-refractivity contribution in [2.24, 2.45) is 5.92 Å². The maximum atomic E-state index is 12.2. The molecule has 5 nitrogen and oxygen atoms in total. The highest BCUT2D eigenvalue weighted by Gasteiger charge is 2.39. The van der Waals surface area contributed by atoms with Crippen LogP contribution < -0.4 is 0 Å². The molecule has 18 heavy (non-hydrogen) atoms. The summed E-state index contributed by atoms with van der Waals surface area (Å²) in [7, 11) is 0. The van der Waals surface area contributed by atoms with Crippen molar-refractivity contribution in [2.45, 2.75) is 19.4 Å². The lowest BCUT2D eigenvalue weighted by atomic mass is 10.0. The first kappa shape index (κ1) is 12.8. The van der Waals surface area contributed by atoms with Gasteiger partial charge in [-0.05, 0) is 24.5 Å². The van der Waals surface area contributed by atoms with E-state index in [1.54, 1.807) is 0 Å². The van der Waals surface area contributed by atoms with Gasteiger partial charge in [0, 0.05) is 18.3 Å². The van der Waals surface area contributed by atoms with Crippen molar-refractivity contribution in [3.05, 3.63) is 29.0 Å². The Morgan fingerprint density at radius 2 is 2.28 bits per heavy atom. The number of carboxylic acids is 1. The minimum atomic E-state index is -0.964. The summed E-state index contributed by atoms with van der Waals surface area (Å²) in [5.41, 5.74) is 0.371. The second-order valence-corrected chi connectivity index (χ2v) is 4.80. The Morgan fingerprint density at radius 3 is 2.89 bits per heavy atom. The number of likely N-dealkylation sites (tertiary alicyclic amines) is 1. The molecule has 1 aromatic heterocycles. The molecule has 1 aliphatic rings. The summed E-state index contributed by atoms with van der Waals surface area (Å²) in [6.45, 7) is 2.29. The van der Waals surface area contributed by atoms with Gasteiger partial charge in [-0.3, -0.25) is 4.79 Å². The van der Waals surface area contributed by atoms with Crippen LogP contribution in [0, 0.1) is 5.92 Å². The van der Waals surface area contributed by atoms with Crippen LogP contribution in [0.15, 0.2) is 18.3 Å². The van der Waals surface area contributed by atoms with Crippen LogP contribution in [0.25, 0.3) is 0 Å². The maximum absolute atomic E-state index is 12.2. The van der Waals surface area contributed by atoms with Crippen molar-refractivity contribution in [2.75, 3.05) is 6.54 Å². The van der Waals surface area contributed by atoms with Gasteiger partial charge in [0.15, 0.2) is 0 Å². The first-order chi connectivity index (χ1) is 8.50. The van der Waals surface area contributed by atoms with Crippen LogP contribution in [0.5, 0.6) is 0 Å². The summed E-state index contributed by atoms with van der Waals surface area (Å²) in [6, 6.07) is 2.23. The van der Waals surface area contributed by atoms with E-state index >= 15 is 0 Å². The average molecular weight is 269 g/mol. The van der Waals surface area contributed by atoms with Gasteiger partial charge in [0.25, 0.3) is 5.91 Å². The van der Waals surface area contributed by atoms with Crippen molar-refractivity contribution < 1.29 is 14.7 Å². The van der Waals surface area contributed by atoms with E-state index in [-0.39, 0.29) is 17.0 Å². The van der Waals surface area contributed by atoms with Crippen LogP contribution in [0.4, 0.5) is 0 Å². The number of aliphatic carboxylic acids is 1. The predicted molar refractivity (Wildman–Crippen MR) is 65.5 cm³/mol. The number of hydrogen-bond donors (Lipinski definition) is 1. The lowest BCUT2D eigenvalue weighted by molar-refractivity contribution is -0.142. The zero-order chi connectivity index (χ0) is 13.3. The van der Waals surface area contributed by atoms with E-state index < -0.39 is 12.0 Å². The van der Waals surface area contributed by atoms with Crippen molar-refractivity contribution in [3.63, 3.8) is 0 Å². The Morgan fingerprint density at radius 1 is 1.56 bits per heavy atom. The number of carboxylic acid groups (broad SMARTS) is 1. The monoisotopic (exact) mass is 268 g/mol. The van der Waals surface area contributed by atoms with Crippen LogP contribution in [-0.2, 0) is 4.79 Å². The van der Waals surface area contributed by atoms with E-state index in [2.05, 4.69) is 4.98 Å². The Bertz CT molecular complexity index is 492. The molecule has 0 saturated carbocycles. The fraction of sp³-hybridized carbons (Fsp3) is 0.417. The average Bonchev–Trinajstić information content (AvgIpc) is 2.70. The summed E-state index contributed by atoms with van der Waals surface area (Å²) in [4.78, 5) is 28.6. The highest BCUT2D eigenvalue weighted by atomic mass is 35.5. The number of hydrogen-bond acceptors (Lipinski definition) is 3. The number of carbonyl (C=O) groups excluding carboxylic acids is 1. The summed E-state index contributed by atoms with van der Waals surface area (Å²) in [5, 5.41) is 9.39. The van der Waals surface area contributed by atoms with Gasteiger partial charge in [-0.15, -0.1) is 0 Å². The Kier molecular flexibility index (Phi) is 3.52. The molecule has 0 spiro atoms. The standard InChI is InChI=1S/C12H13ClN2O3/c1-7-3-5-15(10(7)12(17)18)11(16)8-2-4-14-9(13)6-8/h2,4,6-7,10H,3,5H2,1H3,(H,17,18). The van der Waals surface area contributed by atoms with Crippen LogP contribution in [0.1, 0.15) is 23.7 Å². The smallest absolute Gasteiger partial charge is 0.326 e. The molecule has 2 heterocycles. The number of aromatic nitrogens is 1. The third-order valence-corrected chi connectivity index (χ3v) is 3.39. The third kappa shape index (κ3) is 2.31. The van der Waals surface area contributed by atoms with Crippen molar-refractivity contribution >= 4 is 23.5 Å². The summed E-state index contributed by atoms with van der Waals surface area (Å²) in [5.74, 6) is -1.31. The largest absolute Gasteiger partial charge is 0.480 e. The molecule has 0 aliphatic carbocycles. The second-order valence-electron chi connectivity index (χ2n) is 4.41. The van der Waals surface area contributed by atoms with E-state index in [9.17, 15) is 14.7 Å². The maximum Gasteiger partial charge on any atom is 0.326 e. The van der Waals surface area contributed by atoms with E-state index in [1.807, 2.05) is 6.92 Å². The lowest BCUT2D eigenvalue weighted by Crippen LogP contribution is -2.42. The van der Waals surface area contributed by atoms with Gasteiger partial charge in [0.1, 0.15) is 11.2 Å². The highest BCUT2D eigenvalue weighted by molar-refractivity contribution is 6.29. The Balaban J connectivity index is 2.26. The second kappa shape index (κ2) is 4.94. The molecule has 6 heteroatoms.